The van der Waals surface area contributed by atoms with Crippen LogP contribution in [0, 0.1) is 6.92 Å². The fourth-order valence-electron chi connectivity index (χ4n) is 4.54. The summed E-state index contributed by atoms with van der Waals surface area (Å²) in [5.41, 5.74) is 3.07. The monoisotopic (exact) mass is 514 g/mol. The molecule has 1 aromatic heterocycles. The molecule has 0 radical (unpaired) electrons. The number of amides is 1. The van der Waals surface area contributed by atoms with Gasteiger partial charge in [-0.1, -0.05) is 48.1 Å². The summed E-state index contributed by atoms with van der Waals surface area (Å²) in [7, 11) is 0.234. The SMILES string of the molecule is CCc1cccc2sc(N(CCCN(C)C)C(=O)C3CCCN3S(=O)(=O)c3ccc(C)cc3)nc12. The molecule has 1 aliphatic heterocycles. The van der Waals surface area contributed by atoms with Gasteiger partial charge in [0.25, 0.3) is 0 Å². The summed E-state index contributed by atoms with van der Waals surface area (Å²) in [6, 6.07) is 12.2. The number of anilines is 1. The van der Waals surface area contributed by atoms with E-state index in [-0.39, 0.29) is 10.8 Å². The lowest BCUT2D eigenvalue weighted by atomic mass is 10.1. The van der Waals surface area contributed by atoms with Crippen molar-refractivity contribution in [3.8, 4) is 0 Å². The summed E-state index contributed by atoms with van der Waals surface area (Å²) in [5, 5.41) is 0.643. The molecule has 0 bridgehead atoms. The normalized spacial score (nSPS) is 16.9. The van der Waals surface area contributed by atoms with E-state index in [9.17, 15) is 13.2 Å². The highest BCUT2D eigenvalue weighted by molar-refractivity contribution is 7.89. The van der Waals surface area contributed by atoms with Crippen LogP contribution in [0.4, 0.5) is 5.13 Å². The van der Waals surface area contributed by atoms with Crippen molar-refractivity contribution in [3.05, 3.63) is 53.6 Å². The Labute approximate surface area is 212 Å². The second kappa shape index (κ2) is 10.7. The number of sulfonamides is 1. The van der Waals surface area contributed by atoms with Gasteiger partial charge in [-0.3, -0.25) is 9.69 Å². The summed E-state index contributed by atoms with van der Waals surface area (Å²) in [6.45, 7) is 5.68. The minimum Gasteiger partial charge on any atom is -0.309 e. The molecule has 2 heterocycles. The lowest BCUT2D eigenvalue weighted by molar-refractivity contribution is -0.121. The number of carbonyl (C=O) groups excluding carboxylic acids is 1. The zero-order valence-corrected chi connectivity index (χ0v) is 22.5. The van der Waals surface area contributed by atoms with Gasteiger partial charge in [0.15, 0.2) is 5.13 Å². The number of aryl methyl sites for hydroxylation is 2. The zero-order chi connectivity index (χ0) is 25.2. The molecule has 9 heteroatoms. The lowest BCUT2D eigenvalue weighted by Crippen LogP contribution is -2.48. The van der Waals surface area contributed by atoms with Crippen molar-refractivity contribution in [1.29, 1.82) is 0 Å². The highest BCUT2D eigenvalue weighted by Gasteiger charge is 2.42. The fraction of sp³-hybridized carbons (Fsp3) is 0.462. The van der Waals surface area contributed by atoms with Gasteiger partial charge in [-0.2, -0.15) is 4.31 Å². The van der Waals surface area contributed by atoms with E-state index in [1.807, 2.05) is 33.2 Å². The van der Waals surface area contributed by atoms with Gasteiger partial charge in [-0.05, 0) is 77.0 Å². The molecule has 188 valence electrons. The van der Waals surface area contributed by atoms with Gasteiger partial charge < -0.3 is 4.90 Å². The molecule has 3 aromatic rings. The Morgan fingerprint density at radius 1 is 1.14 bits per heavy atom. The first-order chi connectivity index (χ1) is 16.7. The smallest absolute Gasteiger partial charge is 0.247 e. The lowest BCUT2D eigenvalue weighted by Gasteiger charge is -2.29. The van der Waals surface area contributed by atoms with Crippen LogP contribution in [0.2, 0.25) is 0 Å². The third-order valence-corrected chi connectivity index (χ3v) is 9.44. The van der Waals surface area contributed by atoms with Crippen molar-refractivity contribution in [3.63, 3.8) is 0 Å². The molecule has 0 N–H and O–H groups in total. The van der Waals surface area contributed by atoms with Crippen molar-refractivity contribution in [2.45, 2.75) is 50.5 Å². The number of carbonyl (C=O) groups is 1. The second-order valence-corrected chi connectivity index (χ2v) is 12.2. The van der Waals surface area contributed by atoms with E-state index >= 15 is 0 Å². The molecule has 4 rings (SSSR count). The van der Waals surface area contributed by atoms with Crippen LogP contribution in [0.25, 0.3) is 10.2 Å². The van der Waals surface area contributed by atoms with E-state index in [1.54, 1.807) is 29.2 Å². The Balaban J connectivity index is 1.67. The predicted molar refractivity (Wildman–Crippen MR) is 143 cm³/mol. The quantitative estimate of drug-likeness (QED) is 0.426. The molecule has 2 aromatic carbocycles. The molecule has 0 spiro atoms. The van der Waals surface area contributed by atoms with Gasteiger partial charge in [-0.25, -0.2) is 13.4 Å². The summed E-state index contributed by atoms with van der Waals surface area (Å²) >= 11 is 1.50. The molecular weight excluding hydrogens is 480 g/mol. The maximum absolute atomic E-state index is 14.0. The summed E-state index contributed by atoms with van der Waals surface area (Å²) in [6.07, 6.45) is 2.80. The molecule has 1 atom stereocenters. The van der Waals surface area contributed by atoms with Crippen molar-refractivity contribution in [1.82, 2.24) is 14.2 Å². The van der Waals surface area contributed by atoms with Crippen LogP contribution in [0.5, 0.6) is 0 Å². The van der Waals surface area contributed by atoms with Gasteiger partial charge in [0.1, 0.15) is 6.04 Å². The molecule has 1 unspecified atom stereocenters. The first-order valence-corrected chi connectivity index (χ1v) is 14.4. The van der Waals surface area contributed by atoms with Crippen LogP contribution in [0.15, 0.2) is 47.4 Å². The number of fused-ring (bicyclic) bond motifs is 1. The number of hydrogen-bond acceptors (Lipinski definition) is 6. The maximum atomic E-state index is 14.0. The van der Waals surface area contributed by atoms with Gasteiger partial charge in [0, 0.05) is 13.1 Å². The van der Waals surface area contributed by atoms with Gasteiger partial charge in [0.05, 0.1) is 15.1 Å². The molecule has 7 nitrogen and oxygen atoms in total. The number of aromatic nitrogens is 1. The summed E-state index contributed by atoms with van der Waals surface area (Å²) < 4.78 is 29.4. The van der Waals surface area contributed by atoms with E-state index in [4.69, 9.17) is 4.98 Å². The molecule has 1 aliphatic rings. The maximum Gasteiger partial charge on any atom is 0.247 e. The topological polar surface area (TPSA) is 73.8 Å². The van der Waals surface area contributed by atoms with Crippen molar-refractivity contribution < 1.29 is 13.2 Å². The number of benzene rings is 2. The van der Waals surface area contributed by atoms with Gasteiger partial charge in [0.2, 0.25) is 15.9 Å². The Hall–Kier alpha value is -2.33. The highest BCUT2D eigenvalue weighted by Crippen LogP contribution is 2.34. The standard InChI is InChI=1S/C26H34N4O3S2/c1-5-20-9-6-11-23-24(20)27-26(34-23)29(17-8-16-28(3)4)25(31)22-10-7-18-30(22)35(32,33)21-14-12-19(2)13-15-21/h6,9,11-15,22H,5,7-8,10,16-18H2,1-4H3. The van der Waals surface area contributed by atoms with Crippen LogP contribution in [-0.2, 0) is 21.2 Å². The average molecular weight is 515 g/mol. The summed E-state index contributed by atoms with van der Waals surface area (Å²) in [5.74, 6) is -0.186. The average Bonchev–Trinajstić information content (AvgIpc) is 3.49. The first kappa shape index (κ1) is 25.8. The molecular formula is C26H34N4O3S2. The Bertz CT molecular complexity index is 1290. The van der Waals surface area contributed by atoms with E-state index in [2.05, 4.69) is 17.9 Å². The van der Waals surface area contributed by atoms with Crippen LogP contribution >= 0.6 is 11.3 Å². The van der Waals surface area contributed by atoms with Crippen molar-refractivity contribution in [2.24, 2.45) is 0 Å². The van der Waals surface area contributed by atoms with E-state index in [0.717, 1.165) is 40.7 Å². The Kier molecular flexibility index (Phi) is 7.90. The van der Waals surface area contributed by atoms with Crippen molar-refractivity contribution >= 4 is 42.6 Å². The Morgan fingerprint density at radius 3 is 2.57 bits per heavy atom. The molecule has 1 saturated heterocycles. The Morgan fingerprint density at radius 2 is 1.89 bits per heavy atom. The third kappa shape index (κ3) is 5.43. The molecule has 0 aliphatic carbocycles. The number of nitrogens with zero attached hydrogens (tertiary/aromatic N) is 4. The van der Waals surface area contributed by atoms with Crippen LogP contribution in [-0.4, -0.2) is 68.3 Å². The number of rotatable bonds is 9. The van der Waals surface area contributed by atoms with Gasteiger partial charge >= 0.3 is 0 Å². The molecule has 0 saturated carbocycles. The van der Waals surface area contributed by atoms with Crippen LogP contribution in [0.1, 0.15) is 37.3 Å². The number of hydrogen-bond donors (Lipinski definition) is 0. The zero-order valence-electron chi connectivity index (χ0n) is 20.9. The second-order valence-electron chi connectivity index (χ2n) is 9.35. The van der Waals surface area contributed by atoms with E-state index in [1.165, 1.54) is 15.6 Å². The highest BCUT2D eigenvalue weighted by atomic mass is 32.2. The van der Waals surface area contributed by atoms with Gasteiger partial charge in [-0.15, -0.1) is 0 Å². The first-order valence-electron chi connectivity index (χ1n) is 12.2. The minimum atomic E-state index is -3.77. The minimum absolute atomic E-state index is 0.186. The summed E-state index contributed by atoms with van der Waals surface area (Å²) in [4.78, 5) is 22.9. The van der Waals surface area contributed by atoms with Crippen LogP contribution in [0.3, 0.4) is 0 Å². The van der Waals surface area contributed by atoms with Crippen molar-refractivity contribution in [2.75, 3.05) is 38.6 Å². The fourth-order valence-corrected chi connectivity index (χ4v) is 7.24. The largest absolute Gasteiger partial charge is 0.309 e. The number of para-hydroxylation sites is 1. The number of thiazole rings is 1. The predicted octanol–water partition coefficient (Wildman–Crippen LogP) is 4.31. The molecule has 1 fully saturated rings. The third-order valence-electron chi connectivity index (χ3n) is 6.47. The van der Waals surface area contributed by atoms with E-state index in [0.29, 0.717) is 31.1 Å². The molecule has 1 amide bonds. The van der Waals surface area contributed by atoms with Crippen LogP contribution < -0.4 is 4.90 Å². The molecule has 35 heavy (non-hydrogen) atoms. The van der Waals surface area contributed by atoms with E-state index < -0.39 is 16.1 Å².